The van der Waals surface area contributed by atoms with Crippen molar-refractivity contribution < 1.29 is 18.9 Å². The van der Waals surface area contributed by atoms with Gasteiger partial charge < -0.3 is 18.9 Å². The fourth-order valence-corrected chi connectivity index (χ4v) is 6.04. The summed E-state index contributed by atoms with van der Waals surface area (Å²) in [5.74, 6) is 6.16. The molecule has 0 unspecified atom stereocenters. The summed E-state index contributed by atoms with van der Waals surface area (Å²) in [5.41, 5.74) is 0. The predicted octanol–water partition coefficient (Wildman–Crippen LogP) is 9.64. The van der Waals surface area contributed by atoms with Crippen LogP contribution in [0.1, 0.15) is 7.43 Å². The Morgan fingerprint density at radius 3 is 1.41 bits per heavy atom. The van der Waals surface area contributed by atoms with Crippen LogP contribution >= 0.6 is 67.3 Å². The molecule has 5 nitrogen and oxygen atoms in total. The van der Waals surface area contributed by atoms with E-state index in [4.69, 9.17) is 18.9 Å². The number of fused-ring (bicyclic) bond motifs is 4. The van der Waals surface area contributed by atoms with E-state index in [1.807, 2.05) is 59.3 Å². The summed E-state index contributed by atoms with van der Waals surface area (Å²) in [6, 6.07) is 15.3. The Morgan fingerprint density at radius 2 is 1.03 bits per heavy atom. The summed E-state index contributed by atoms with van der Waals surface area (Å²) >= 11 is 13.2. The van der Waals surface area contributed by atoms with Crippen LogP contribution in [-0.4, -0.2) is 7.64 Å². The van der Waals surface area contributed by atoms with Crippen molar-refractivity contribution in [2.45, 2.75) is 7.43 Å². The van der Waals surface area contributed by atoms with Gasteiger partial charge in [0.05, 0.1) is 0 Å². The van der Waals surface area contributed by atoms with Gasteiger partial charge in [0.15, 0.2) is 46.0 Å². The molecular formula is C21H15BBr2NO4S3. The third kappa shape index (κ3) is 5.40. The molecule has 0 fully saturated rings. The van der Waals surface area contributed by atoms with Crippen LogP contribution in [-0.2, 0) is 0 Å². The molecule has 0 saturated heterocycles. The second-order valence-electron chi connectivity index (χ2n) is 5.83. The first-order valence-electron chi connectivity index (χ1n) is 8.58. The third-order valence-electron chi connectivity index (χ3n) is 3.90. The van der Waals surface area contributed by atoms with Crippen LogP contribution in [0.25, 0.3) is 0 Å². The van der Waals surface area contributed by atoms with E-state index in [9.17, 15) is 0 Å². The zero-order valence-electron chi connectivity index (χ0n) is 15.5. The zero-order valence-corrected chi connectivity index (χ0v) is 21.2. The molecular weight excluding hydrogens is 597 g/mol. The van der Waals surface area contributed by atoms with Crippen LogP contribution in [0.15, 0.2) is 71.2 Å². The number of ether oxygens (including phenoxy) is 4. The van der Waals surface area contributed by atoms with Gasteiger partial charge in [-0.15, -0.1) is 22.7 Å². The maximum absolute atomic E-state index is 5.74. The minimum atomic E-state index is 0. The minimum absolute atomic E-state index is 0. The summed E-state index contributed by atoms with van der Waals surface area (Å²) in [6.45, 7) is 0. The molecule has 0 aliphatic carbocycles. The van der Waals surface area contributed by atoms with Gasteiger partial charge in [0, 0.05) is 10.8 Å². The van der Waals surface area contributed by atoms with Gasteiger partial charge in [-0.25, -0.2) is 0 Å². The summed E-state index contributed by atoms with van der Waals surface area (Å²) < 4.78 is 27.2. The van der Waals surface area contributed by atoms with Crippen molar-refractivity contribution in [3.63, 3.8) is 0 Å². The molecule has 0 amide bonds. The summed E-state index contributed by atoms with van der Waals surface area (Å²) in [4.78, 5) is 0. The Hall–Kier alpha value is -1.79. The van der Waals surface area contributed by atoms with Crippen LogP contribution in [0.3, 0.4) is 0 Å². The molecule has 0 N–H and O–H groups in total. The summed E-state index contributed by atoms with van der Waals surface area (Å²) in [6.07, 6.45) is 0. The fourth-order valence-electron chi connectivity index (χ4n) is 2.64. The molecule has 2 aromatic carbocycles. The molecule has 0 spiro atoms. The zero-order chi connectivity index (χ0) is 21.8. The van der Waals surface area contributed by atoms with E-state index >= 15 is 0 Å². The van der Waals surface area contributed by atoms with E-state index in [-0.39, 0.29) is 7.43 Å². The van der Waals surface area contributed by atoms with Crippen molar-refractivity contribution in [3.8, 4) is 46.0 Å². The topological polar surface area (TPSA) is 49.3 Å². The smallest absolute Gasteiger partial charge is 0.180 e. The Labute approximate surface area is 217 Å². The van der Waals surface area contributed by atoms with Crippen molar-refractivity contribution in [2.24, 2.45) is 4.30 Å². The number of hydrogen-bond acceptors (Lipinski definition) is 8. The van der Waals surface area contributed by atoms with Crippen molar-refractivity contribution in [1.82, 2.24) is 0 Å². The van der Waals surface area contributed by atoms with Crippen molar-refractivity contribution in [2.75, 3.05) is 0 Å². The monoisotopic (exact) mass is 610 g/mol. The molecule has 163 valence electrons. The van der Waals surface area contributed by atoms with Gasteiger partial charge in [-0.3, -0.25) is 0 Å². The number of nitrogens with zero attached hydrogens (tertiary/aromatic N) is 1. The van der Waals surface area contributed by atoms with Gasteiger partial charge in [0.1, 0.15) is 7.57 Å². The predicted molar refractivity (Wildman–Crippen MR) is 141 cm³/mol. The number of thiol groups is 1. The van der Waals surface area contributed by atoms with Crippen LogP contribution in [0.2, 0.25) is 0 Å². The molecule has 2 aliphatic rings. The quantitative estimate of drug-likeness (QED) is 0.137. The molecule has 0 bridgehead atoms. The van der Waals surface area contributed by atoms with Crippen molar-refractivity contribution >= 4 is 75.0 Å². The van der Waals surface area contributed by atoms with Gasteiger partial charge in [0.25, 0.3) is 0 Å². The number of thiophene rings is 2. The molecule has 0 saturated carbocycles. The fraction of sp³-hybridized carbons (Fsp3) is 0.0476. The van der Waals surface area contributed by atoms with Crippen LogP contribution in [0.5, 0.6) is 46.0 Å². The van der Waals surface area contributed by atoms with E-state index in [1.165, 1.54) is 11.3 Å². The van der Waals surface area contributed by atoms with Crippen LogP contribution in [0, 0.1) is 0 Å². The Kier molecular flexibility index (Phi) is 8.83. The number of halogens is 2. The molecule has 0 atom stereocenters. The van der Waals surface area contributed by atoms with Gasteiger partial charge >= 0.3 is 24.8 Å². The van der Waals surface area contributed by atoms with Crippen LogP contribution in [0.4, 0.5) is 0 Å². The van der Waals surface area contributed by atoms with Crippen molar-refractivity contribution in [3.05, 3.63) is 66.9 Å². The second kappa shape index (κ2) is 11.4. The second-order valence-corrected chi connectivity index (χ2v) is 10.5. The van der Waals surface area contributed by atoms with Gasteiger partial charge in [-0.2, -0.15) is 0 Å². The SMILES string of the molecule is Brc1sc(Br)c2c1Oc1ccccc1O2.C.[B]=NS.c1ccc2c(c1)Oc1cscc1O2. The minimum Gasteiger partial charge on any atom is -0.449 e. The molecule has 2 aromatic heterocycles. The number of hydrogen-bond donors (Lipinski definition) is 1. The molecule has 4 aromatic rings. The Bertz CT molecular complexity index is 1150. The summed E-state index contributed by atoms with van der Waals surface area (Å²) in [5, 5.41) is 3.87. The molecule has 32 heavy (non-hydrogen) atoms. The molecule has 11 heteroatoms. The van der Waals surface area contributed by atoms with E-state index in [2.05, 4.69) is 56.6 Å². The van der Waals surface area contributed by atoms with Gasteiger partial charge in [0.2, 0.25) is 0 Å². The van der Waals surface area contributed by atoms with Gasteiger partial charge in [-0.1, -0.05) is 31.7 Å². The van der Waals surface area contributed by atoms with E-state index in [0.29, 0.717) is 0 Å². The summed E-state index contributed by atoms with van der Waals surface area (Å²) in [7, 11) is 4.34. The molecule has 6 rings (SSSR count). The Morgan fingerprint density at radius 1 is 0.688 bits per heavy atom. The maximum Gasteiger partial charge on any atom is 0.180 e. The van der Waals surface area contributed by atoms with E-state index in [1.54, 1.807) is 11.3 Å². The standard InChI is InChI=1S/C10H4Br2O2S.C10H6O2S.CH4.BHNS/c11-9-7-8(10(12)15-9)14-6-4-2-1-3-5(6)13-7;1-2-4-8-7(3-1)11-9-5-13-6-10(9)12-8;;1-2-3/h1-4H;1-6H;1H4;3H. The first kappa shape index (κ1) is 24.8. The van der Waals surface area contributed by atoms with E-state index < -0.39 is 0 Å². The first-order chi connectivity index (χ1) is 15.1. The molecule has 1 radical (unpaired) electrons. The largest absolute Gasteiger partial charge is 0.449 e. The third-order valence-corrected chi connectivity index (χ3v) is 7.02. The normalized spacial score (nSPS) is 11.2. The number of rotatable bonds is 0. The van der Waals surface area contributed by atoms with Gasteiger partial charge in [-0.05, 0) is 56.1 Å². The van der Waals surface area contributed by atoms with E-state index in [0.717, 1.165) is 53.6 Å². The maximum atomic E-state index is 5.74. The Balaban J connectivity index is 0.000000158. The van der Waals surface area contributed by atoms with Crippen molar-refractivity contribution in [1.29, 1.82) is 0 Å². The van der Waals surface area contributed by atoms with Crippen LogP contribution < -0.4 is 18.9 Å². The number of benzene rings is 2. The average molecular weight is 612 g/mol. The molecule has 4 heterocycles. The molecule has 2 aliphatic heterocycles. The first-order valence-corrected chi connectivity index (χ1v) is 12.3. The average Bonchev–Trinajstić information content (AvgIpc) is 3.35. The number of para-hydroxylation sites is 4.